The van der Waals surface area contributed by atoms with E-state index in [0.29, 0.717) is 63.4 Å². The molecule has 0 amide bonds. The molecule has 1 unspecified atom stereocenters. The number of likely N-dealkylation sites (tertiary alicyclic amines) is 1. The highest BCUT2D eigenvalue weighted by Gasteiger charge is 2.34. The molecule has 16 aromatic rings. The molecule has 22 rings (SSSR count). The Morgan fingerprint density at radius 2 is 0.688 bits per heavy atom. The summed E-state index contributed by atoms with van der Waals surface area (Å²) in [7, 11) is 13.0. The van der Waals surface area contributed by atoms with Gasteiger partial charge < -0.3 is 39.6 Å². The Balaban J connectivity index is 0.000000109. The van der Waals surface area contributed by atoms with Crippen molar-refractivity contribution in [3.63, 3.8) is 0 Å². The maximum absolute atomic E-state index is 14.1. The number of rotatable bonds is 13. The van der Waals surface area contributed by atoms with Gasteiger partial charge >= 0.3 is 0 Å². The Labute approximate surface area is 725 Å². The first-order chi connectivity index (χ1) is 60.7. The number of hydrogen-bond donors (Lipinski definition) is 1. The lowest BCUT2D eigenvalue weighted by Gasteiger charge is -2.43. The number of nitrogens with one attached hydrogen (secondary N) is 1. The molecule has 6 fully saturated rings. The van der Waals surface area contributed by atoms with Crippen LogP contribution in [-0.4, -0.2) is 267 Å². The number of aryl methyl sites for hydroxylation is 4. The molecule has 1 N–H and O–H groups in total. The van der Waals surface area contributed by atoms with Crippen LogP contribution in [0, 0.1) is 45.1 Å². The number of piperidine rings is 3. The molecule has 1 atom stereocenters. The van der Waals surface area contributed by atoms with Crippen LogP contribution < -0.4 is 24.9 Å². The molecule has 26 nitrogen and oxygen atoms in total. The number of nitrogens with zero attached hydrogens (tertiary/aromatic N) is 25. The Morgan fingerprint density at radius 1 is 0.328 bits per heavy atom. The molecule has 0 spiro atoms. The lowest BCUT2D eigenvalue weighted by Crippen LogP contribution is -2.61. The number of aromatic nitrogens is 16. The highest BCUT2D eigenvalue weighted by atomic mass is 19.1. The van der Waals surface area contributed by atoms with E-state index in [1.165, 1.54) is 63.4 Å². The van der Waals surface area contributed by atoms with Gasteiger partial charge in [0.25, 0.3) is 0 Å². The van der Waals surface area contributed by atoms with Crippen LogP contribution in [-0.2, 0) is 0 Å². The molecule has 18 heterocycles. The molecule has 0 saturated carbocycles. The number of para-hydroxylation sites is 1. The first kappa shape index (κ1) is 82.4. The topological polar surface area (TPSA) is 214 Å². The molecular formula is C96H107F3N26. The van der Waals surface area contributed by atoms with Gasteiger partial charge in [0.15, 0.2) is 22.6 Å². The van der Waals surface area contributed by atoms with Crippen LogP contribution in [0.15, 0.2) is 178 Å². The van der Waals surface area contributed by atoms with E-state index in [9.17, 15) is 13.2 Å². The van der Waals surface area contributed by atoms with Gasteiger partial charge in [-0.2, -0.15) is 20.4 Å². The molecule has 0 radical (unpaired) electrons. The zero-order chi connectivity index (χ0) is 85.8. The first-order valence-electron chi connectivity index (χ1n) is 43.8. The first-order valence-corrected chi connectivity index (χ1v) is 43.8. The van der Waals surface area contributed by atoms with Crippen LogP contribution in [0.5, 0.6) is 0 Å². The maximum Gasteiger partial charge on any atom is 0.162 e. The molecule has 6 saturated heterocycles. The van der Waals surface area contributed by atoms with E-state index < -0.39 is 0 Å². The molecule has 0 bridgehead atoms. The average Bonchev–Trinajstić information content (AvgIpc) is 1.72. The fourth-order valence-corrected chi connectivity index (χ4v) is 19.1. The lowest BCUT2D eigenvalue weighted by molar-refractivity contribution is 0.138. The second kappa shape index (κ2) is 35.1. The zero-order valence-corrected chi connectivity index (χ0v) is 72.8. The van der Waals surface area contributed by atoms with Crippen LogP contribution in [0.2, 0.25) is 0 Å². The van der Waals surface area contributed by atoms with Crippen molar-refractivity contribution in [3.8, 4) is 44.5 Å². The molecule has 4 aromatic carbocycles. The van der Waals surface area contributed by atoms with E-state index in [2.05, 4.69) is 181 Å². The van der Waals surface area contributed by atoms with Crippen molar-refractivity contribution in [1.29, 1.82) is 0 Å². The summed E-state index contributed by atoms with van der Waals surface area (Å²) in [6.45, 7) is 22.3. The van der Waals surface area contributed by atoms with Crippen molar-refractivity contribution < 1.29 is 13.2 Å². The van der Waals surface area contributed by atoms with Gasteiger partial charge in [0.1, 0.15) is 17.5 Å². The van der Waals surface area contributed by atoms with Crippen molar-refractivity contribution in [2.24, 2.45) is 0 Å². The van der Waals surface area contributed by atoms with E-state index in [1.807, 2.05) is 117 Å². The molecule has 642 valence electrons. The largest absolute Gasteiger partial charge is 0.369 e. The summed E-state index contributed by atoms with van der Waals surface area (Å²) < 4.78 is 49.5. The predicted molar refractivity (Wildman–Crippen MR) is 491 cm³/mol. The quantitative estimate of drug-likeness (QED) is 0.114. The summed E-state index contributed by atoms with van der Waals surface area (Å²) in [5.41, 5.74) is 21.2. The average molecular weight is 1680 g/mol. The number of likely N-dealkylation sites (N-methyl/N-ethyl adjacent to an activating group) is 1. The smallest absolute Gasteiger partial charge is 0.162 e. The summed E-state index contributed by atoms with van der Waals surface area (Å²) in [5, 5.41) is 25.6. The number of hydrogen-bond acceptors (Lipinski definition) is 22. The van der Waals surface area contributed by atoms with Crippen LogP contribution >= 0.6 is 0 Å². The molecule has 0 aliphatic carbocycles. The number of piperazine rings is 1. The fourth-order valence-electron chi connectivity index (χ4n) is 19.1. The lowest BCUT2D eigenvalue weighted by atomic mass is 10.0. The number of benzene rings is 4. The van der Waals surface area contributed by atoms with E-state index in [0.717, 1.165) is 214 Å². The molecule has 12 aromatic heterocycles. The van der Waals surface area contributed by atoms with E-state index in [-0.39, 0.29) is 17.5 Å². The van der Waals surface area contributed by atoms with Gasteiger partial charge in [-0.25, -0.2) is 51.2 Å². The van der Waals surface area contributed by atoms with Crippen LogP contribution in [0.25, 0.3) is 111 Å². The summed E-state index contributed by atoms with van der Waals surface area (Å²) in [6, 6.07) is 29.6. The third kappa shape index (κ3) is 16.7. The Hall–Kier alpha value is -12.3. The number of pyridine rings is 4. The number of anilines is 4. The predicted octanol–water partition coefficient (Wildman–Crippen LogP) is 14.2. The maximum atomic E-state index is 14.1. The van der Waals surface area contributed by atoms with Gasteiger partial charge in [0.2, 0.25) is 0 Å². The van der Waals surface area contributed by atoms with Gasteiger partial charge in [-0.1, -0.05) is 18.2 Å². The highest BCUT2D eigenvalue weighted by molar-refractivity contribution is 6.01. The van der Waals surface area contributed by atoms with Crippen molar-refractivity contribution in [2.45, 2.75) is 103 Å². The Bertz CT molecular complexity index is 6620. The minimum Gasteiger partial charge on any atom is -0.369 e. The Morgan fingerprint density at radius 3 is 1.06 bits per heavy atom. The van der Waals surface area contributed by atoms with Gasteiger partial charge in [-0.3, -0.25) is 29.7 Å². The molecule has 29 heteroatoms. The Kier molecular flexibility index (Phi) is 23.1. The third-order valence-corrected chi connectivity index (χ3v) is 26.8. The normalized spacial score (nSPS) is 17.5. The summed E-state index contributed by atoms with van der Waals surface area (Å²) in [6.07, 6.45) is 37.0. The van der Waals surface area contributed by atoms with E-state index >= 15 is 0 Å². The third-order valence-electron chi connectivity index (χ3n) is 26.8. The number of fused-ring (bicyclic) bond motifs is 8. The SMILES string of the molecule is Cc1cc(-c2cnn3cc(N4CCC(N(C)C)CC4)cnc23)c2ccccc2n1.Cc1cc2c(-c3cnn4cc(N5CCC(N(C)C)CC5)cnc34)ccnc2cc1F.Cc1cc2c(-c3cnn4cc(N5CCC(N6CCC(N(C)C)C6)CC5)cnc34)ccnc2cc1F.Cc1cc2c(-c3cnn4cc(N5CCN(C6CNC6)CC5)cnc34)ccnc2cc1F. The molecule has 125 heavy (non-hydrogen) atoms. The monoisotopic (exact) mass is 1680 g/mol. The second-order valence-corrected chi connectivity index (χ2v) is 35.1. The van der Waals surface area contributed by atoms with Gasteiger partial charge in [0.05, 0.1) is 119 Å². The van der Waals surface area contributed by atoms with Crippen molar-refractivity contribution in [3.05, 3.63) is 218 Å². The molecule has 6 aliphatic heterocycles. The summed E-state index contributed by atoms with van der Waals surface area (Å²) in [4.78, 5) is 58.7. The van der Waals surface area contributed by atoms with Crippen LogP contribution in [0.3, 0.4) is 0 Å². The standard InChI is InChI=1S/C27H32FN7.C23H24FN7.C23H25FN6.C23H26N6/c1-18-12-23-22(4-8-29-26(23)13-25(18)28)24-15-31-35-17-21(14-30-27(24)35)33-9-5-19(6-10-33)34-11-7-20(16-34)32(2)3;1-15-8-19-18(2-3-26-22(19)9-21(15)24)20-13-28-31-14-17(12-27-23(20)31)30-6-4-29(5-7-30)16-10-25-11-16;1-15-10-19-18(4-7-25-22(19)11-21(15)24)20-13-27-30-14-17(12-26-23(20)30)29-8-5-16(6-9-29)28(2)3;1-16-12-20(19-6-4-5-7-22(19)26-16)21-14-25-29-15-18(13-24-23(21)29)28-10-8-17(9-11-28)27(2)3/h4,8,12-15,17,19-20H,5-7,9-11,16H2,1-3H3;2-3,8-9,12-14,16,25H,4-7,10-11H2,1H3;4,7,10-14,16H,5-6,8-9H2,1-3H3;4-7,12-15,17H,8-11H2,1-3H3. The zero-order valence-electron chi connectivity index (χ0n) is 72.8. The van der Waals surface area contributed by atoms with Gasteiger partial charge in [0, 0.05) is 208 Å². The number of halogens is 3. The van der Waals surface area contributed by atoms with Crippen molar-refractivity contribution in [1.82, 2.24) is 108 Å². The van der Waals surface area contributed by atoms with E-state index in [1.54, 1.807) is 39.4 Å². The van der Waals surface area contributed by atoms with Crippen LogP contribution in [0.1, 0.15) is 67.3 Å². The van der Waals surface area contributed by atoms with Gasteiger partial charge in [-0.05, 0) is 202 Å². The second-order valence-electron chi connectivity index (χ2n) is 35.1. The van der Waals surface area contributed by atoms with E-state index in [4.69, 9.17) is 19.9 Å². The van der Waals surface area contributed by atoms with Crippen LogP contribution in [0.4, 0.5) is 35.9 Å². The summed E-state index contributed by atoms with van der Waals surface area (Å²) >= 11 is 0. The minimum absolute atomic E-state index is 0.240. The van der Waals surface area contributed by atoms with Crippen molar-refractivity contribution >= 4 is 88.9 Å². The highest BCUT2D eigenvalue weighted by Crippen LogP contribution is 2.39. The molecule has 6 aliphatic rings. The summed E-state index contributed by atoms with van der Waals surface area (Å²) in [5.74, 6) is -0.725. The molecular weight excluding hydrogens is 1570 g/mol. The fraction of sp³-hybridized carbons (Fsp3) is 0.375. The minimum atomic E-state index is -0.243. The van der Waals surface area contributed by atoms with Crippen molar-refractivity contribution in [2.75, 3.05) is 154 Å². The van der Waals surface area contributed by atoms with Gasteiger partial charge in [-0.15, -0.1) is 0 Å².